The van der Waals surface area contributed by atoms with Crippen molar-refractivity contribution in [2.75, 3.05) is 13.7 Å². The number of rotatable bonds is 6. The molecule has 0 aliphatic carbocycles. The third-order valence-electron chi connectivity index (χ3n) is 2.94. The summed E-state index contributed by atoms with van der Waals surface area (Å²) in [6, 6.07) is 7.96. The molecule has 1 rings (SSSR count). The van der Waals surface area contributed by atoms with Gasteiger partial charge in [-0.05, 0) is 25.0 Å². The standard InChI is InChI=1S/C15H21NO3/c1-4-19-15(18)10-9-14(17)16(3)11-13-8-6-5-7-12(13)2/h5-8H,4,9-11H2,1-3H3. The average molecular weight is 263 g/mol. The zero-order valence-corrected chi connectivity index (χ0v) is 11.8. The SMILES string of the molecule is CCOC(=O)CCC(=O)N(C)Cc1ccccc1C. The van der Waals surface area contributed by atoms with E-state index >= 15 is 0 Å². The van der Waals surface area contributed by atoms with Crippen LogP contribution >= 0.6 is 0 Å². The minimum atomic E-state index is -0.319. The van der Waals surface area contributed by atoms with Gasteiger partial charge in [0.15, 0.2) is 0 Å². The van der Waals surface area contributed by atoms with Crippen molar-refractivity contribution in [1.29, 1.82) is 0 Å². The number of esters is 1. The normalized spacial score (nSPS) is 10.1. The summed E-state index contributed by atoms with van der Waals surface area (Å²) >= 11 is 0. The maximum absolute atomic E-state index is 11.9. The number of hydrogen-bond donors (Lipinski definition) is 0. The number of aryl methyl sites for hydroxylation is 1. The topological polar surface area (TPSA) is 46.6 Å². The number of carbonyl (C=O) groups excluding carboxylic acids is 2. The predicted octanol–water partition coefficient (Wildman–Crippen LogP) is 2.30. The summed E-state index contributed by atoms with van der Waals surface area (Å²) in [7, 11) is 1.75. The highest BCUT2D eigenvalue weighted by Gasteiger charge is 2.12. The van der Waals surface area contributed by atoms with E-state index < -0.39 is 0 Å². The summed E-state index contributed by atoms with van der Waals surface area (Å²) in [5.41, 5.74) is 2.28. The Balaban J connectivity index is 2.45. The van der Waals surface area contributed by atoms with Gasteiger partial charge in [-0.1, -0.05) is 24.3 Å². The van der Waals surface area contributed by atoms with Gasteiger partial charge in [-0.3, -0.25) is 9.59 Å². The monoisotopic (exact) mass is 263 g/mol. The molecule has 1 aromatic rings. The molecule has 4 heteroatoms. The summed E-state index contributed by atoms with van der Waals surface area (Å²) in [4.78, 5) is 24.7. The molecule has 1 aromatic carbocycles. The lowest BCUT2D eigenvalue weighted by Gasteiger charge is -2.18. The van der Waals surface area contributed by atoms with E-state index in [0.29, 0.717) is 13.2 Å². The molecule has 0 spiro atoms. The first-order valence-electron chi connectivity index (χ1n) is 6.48. The van der Waals surface area contributed by atoms with E-state index in [1.165, 1.54) is 0 Å². The highest BCUT2D eigenvalue weighted by atomic mass is 16.5. The van der Waals surface area contributed by atoms with Gasteiger partial charge in [0.05, 0.1) is 13.0 Å². The van der Waals surface area contributed by atoms with Gasteiger partial charge < -0.3 is 9.64 Å². The van der Waals surface area contributed by atoms with Gasteiger partial charge in [0.25, 0.3) is 0 Å². The lowest BCUT2D eigenvalue weighted by Crippen LogP contribution is -2.27. The van der Waals surface area contributed by atoms with Crippen LogP contribution in [-0.4, -0.2) is 30.4 Å². The fourth-order valence-corrected chi connectivity index (χ4v) is 1.76. The Morgan fingerprint density at radius 1 is 1.21 bits per heavy atom. The third-order valence-corrected chi connectivity index (χ3v) is 2.94. The average Bonchev–Trinajstić information content (AvgIpc) is 2.39. The molecule has 4 nitrogen and oxygen atoms in total. The summed E-state index contributed by atoms with van der Waals surface area (Å²) in [6.45, 7) is 4.69. The quantitative estimate of drug-likeness (QED) is 0.740. The molecule has 0 saturated carbocycles. The van der Waals surface area contributed by atoms with Crippen LogP contribution in [0.5, 0.6) is 0 Å². The van der Waals surface area contributed by atoms with Crippen LogP contribution in [0.25, 0.3) is 0 Å². The van der Waals surface area contributed by atoms with Crippen LogP contribution in [0.15, 0.2) is 24.3 Å². The summed E-state index contributed by atoms with van der Waals surface area (Å²) in [6.07, 6.45) is 0.339. The van der Waals surface area contributed by atoms with Crippen LogP contribution in [0, 0.1) is 6.92 Å². The summed E-state index contributed by atoms with van der Waals surface area (Å²) in [5.74, 6) is -0.364. The first kappa shape index (κ1) is 15.2. The molecule has 0 fully saturated rings. The van der Waals surface area contributed by atoms with Crippen molar-refractivity contribution >= 4 is 11.9 Å². The molecular formula is C15H21NO3. The van der Waals surface area contributed by atoms with E-state index in [9.17, 15) is 9.59 Å². The van der Waals surface area contributed by atoms with E-state index in [2.05, 4.69) is 0 Å². The number of carbonyl (C=O) groups is 2. The van der Waals surface area contributed by atoms with Gasteiger partial charge in [-0.25, -0.2) is 0 Å². The van der Waals surface area contributed by atoms with Crippen molar-refractivity contribution < 1.29 is 14.3 Å². The second-order valence-electron chi connectivity index (χ2n) is 4.48. The molecule has 104 valence electrons. The molecule has 0 aliphatic heterocycles. The van der Waals surface area contributed by atoms with Gasteiger partial charge in [0.1, 0.15) is 0 Å². The minimum absolute atomic E-state index is 0.0451. The van der Waals surface area contributed by atoms with Crippen molar-refractivity contribution in [3.05, 3.63) is 35.4 Å². The van der Waals surface area contributed by atoms with E-state index in [1.807, 2.05) is 31.2 Å². The zero-order chi connectivity index (χ0) is 14.3. The number of ether oxygens (including phenoxy) is 1. The van der Waals surface area contributed by atoms with Crippen LogP contribution in [0.3, 0.4) is 0 Å². The lowest BCUT2D eigenvalue weighted by atomic mass is 10.1. The van der Waals surface area contributed by atoms with Crippen LogP contribution in [-0.2, 0) is 20.9 Å². The van der Waals surface area contributed by atoms with Crippen molar-refractivity contribution in [1.82, 2.24) is 4.90 Å². The lowest BCUT2D eigenvalue weighted by molar-refractivity contribution is -0.145. The van der Waals surface area contributed by atoms with E-state index in [-0.39, 0.29) is 24.7 Å². The molecule has 0 bridgehead atoms. The Kier molecular flexibility index (Phi) is 6.06. The van der Waals surface area contributed by atoms with Crippen LogP contribution in [0.2, 0.25) is 0 Å². The largest absolute Gasteiger partial charge is 0.466 e. The second-order valence-corrected chi connectivity index (χ2v) is 4.48. The molecule has 0 heterocycles. The first-order valence-corrected chi connectivity index (χ1v) is 6.48. The third kappa shape index (κ3) is 5.12. The molecule has 0 radical (unpaired) electrons. The van der Waals surface area contributed by atoms with E-state index in [4.69, 9.17) is 4.74 Å². The fourth-order valence-electron chi connectivity index (χ4n) is 1.76. The zero-order valence-electron chi connectivity index (χ0n) is 11.8. The Bertz CT molecular complexity index is 443. The van der Waals surface area contributed by atoms with Crippen molar-refractivity contribution in [3.63, 3.8) is 0 Å². The Morgan fingerprint density at radius 3 is 2.53 bits per heavy atom. The molecule has 0 aliphatic rings. The highest BCUT2D eigenvalue weighted by molar-refractivity contribution is 5.81. The molecule has 0 N–H and O–H groups in total. The molecule has 0 unspecified atom stereocenters. The van der Waals surface area contributed by atoms with Crippen molar-refractivity contribution in [2.24, 2.45) is 0 Å². The smallest absolute Gasteiger partial charge is 0.306 e. The Hall–Kier alpha value is -1.84. The number of hydrogen-bond acceptors (Lipinski definition) is 3. The van der Waals surface area contributed by atoms with Gasteiger partial charge in [-0.2, -0.15) is 0 Å². The van der Waals surface area contributed by atoms with Gasteiger partial charge >= 0.3 is 5.97 Å². The molecule has 1 amide bonds. The Morgan fingerprint density at radius 2 is 1.89 bits per heavy atom. The van der Waals surface area contributed by atoms with Crippen molar-refractivity contribution in [3.8, 4) is 0 Å². The maximum Gasteiger partial charge on any atom is 0.306 e. The molecule has 0 saturated heterocycles. The maximum atomic E-state index is 11.9. The van der Waals surface area contributed by atoms with Gasteiger partial charge in [-0.15, -0.1) is 0 Å². The van der Waals surface area contributed by atoms with Crippen LogP contribution < -0.4 is 0 Å². The number of benzene rings is 1. The first-order chi connectivity index (χ1) is 9.04. The Labute approximate surface area is 114 Å². The molecule has 0 aromatic heterocycles. The van der Waals surface area contributed by atoms with Gasteiger partial charge in [0.2, 0.25) is 5.91 Å². The molecule has 0 atom stereocenters. The predicted molar refractivity (Wildman–Crippen MR) is 73.5 cm³/mol. The highest BCUT2D eigenvalue weighted by Crippen LogP contribution is 2.10. The van der Waals surface area contributed by atoms with Crippen LogP contribution in [0.4, 0.5) is 0 Å². The van der Waals surface area contributed by atoms with E-state index in [0.717, 1.165) is 11.1 Å². The van der Waals surface area contributed by atoms with Gasteiger partial charge in [0, 0.05) is 20.0 Å². The summed E-state index contributed by atoms with van der Waals surface area (Å²) in [5, 5.41) is 0. The van der Waals surface area contributed by atoms with Crippen LogP contribution in [0.1, 0.15) is 30.9 Å². The minimum Gasteiger partial charge on any atom is -0.466 e. The van der Waals surface area contributed by atoms with E-state index in [1.54, 1.807) is 18.9 Å². The molecular weight excluding hydrogens is 242 g/mol. The van der Waals surface area contributed by atoms with Crippen molar-refractivity contribution in [2.45, 2.75) is 33.2 Å². The number of amides is 1. The molecule has 19 heavy (non-hydrogen) atoms. The number of nitrogens with zero attached hydrogens (tertiary/aromatic N) is 1. The fraction of sp³-hybridized carbons (Fsp3) is 0.467. The second kappa shape index (κ2) is 7.56. The summed E-state index contributed by atoms with van der Waals surface area (Å²) < 4.78 is 4.80.